The first kappa shape index (κ1) is 16.8. The van der Waals surface area contributed by atoms with Crippen molar-refractivity contribution in [3.63, 3.8) is 0 Å². The van der Waals surface area contributed by atoms with E-state index in [1.54, 1.807) is 32.4 Å². The van der Waals surface area contributed by atoms with Crippen molar-refractivity contribution in [3.05, 3.63) is 59.8 Å². The van der Waals surface area contributed by atoms with E-state index < -0.39 is 0 Å². The third kappa shape index (κ3) is 3.55. The average Bonchev–Trinajstić information content (AvgIpc) is 2.65. The summed E-state index contributed by atoms with van der Waals surface area (Å²) >= 11 is 0. The van der Waals surface area contributed by atoms with Gasteiger partial charge in [-0.3, -0.25) is 9.78 Å². The van der Waals surface area contributed by atoms with Crippen molar-refractivity contribution in [1.82, 2.24) is 4.98 Å². The number of fused-ring (bicyclic) bond motifs is 1. The van der Waals surface area contributed by atoms with Crippen molar-refractivity contribution < 1.29 is 19.0 Å². The molecule has 5 nitrogen and oxygen atoms in total. The molecular weight excluding hydrogens is 318 g/mol. The first-order valence-corrected chi connectivity index (χ1v) is 7.87. The molecule has 1 aromatic heterocycles. The molecule has 0 unspecified atom stereocenters. The highest BCUT2D eigenvalue weighted by Crippen LogP contribution is 2.29. The lowest BCUT2D eigenvalue weighted by molar-refractivity contribution is 0.0919. The number of Topliss-reactive ketones (excluding diaryl/α,β-unsaturated/α-hetero) is 1. The van der Waals surface area contributed by atoms with Crippen LogP contribution in [-0.4, -0.2) is 31.6 Å². The van der Waals surface area contributed by atoms with Gasteiger partial charge in [-0.25, -0.2) is 0 Å². The molecule has 0 radical (unpaired) electrons. The standard InChI is InChI=1S/C20H19NO4/c1-13-10-20(16-11-14(23-2)8-9-17(16)21-13)25-12-18(22)15-6-4-5-7-19(15)24-3/h4-11H,12H2,1-3H3. The van der Waals surface area contributed by atoms with Crippen molar-refractivity contribution in [3.8, 4) is 17.2 Å². The van der Waals surface area contributed by atoms with Crippen LogP contribution in [0.3, 0.4) is 0 Å². The fourth-order valence-electron chi connectivity index (χ4n) is 2.64. The molecule has 0 aliphatic rings. The van der Waals surface area contributed by atoms with Gasteiger partial charge in [0.15, 0.2) is 6.61 Å². The van der Waals surface area contributed by atoms with Crippen LogP contribution < -0.4 is 14.2 Å². The van der Waals surface area contributed by atoms with E-state index in [0.717, 1.165) is 16.6 Å². The summed E-state index contributed by atoms with van der Waals surface area (Å²) in [5, 5.41) is 0.803. The predicted molar refractivity (Wildman–Crippen MR) is 95.9 cm³/mol. The largest absolute Gasteiger partial charge is 0.497 e. The molecule has 0 N–H and O–H groups in total. The average molecular weight is 337 g/mol. The van der Waals surface area contributed by atoms with Crippen molar-refractivity contribution in [2.75, 3.05) is 20.8 Å². The van der Waals surface area contributed by atoms with Gasteiger partial charge < -0.3 is 14.2 Å². The van der Waals surface area contributed by atoms with Crippen LogP contribution in [0.1, 0.15) is 16.1 Å². The van der Waals surface area contributed by atoms with Crippen LogP contribution in [-0.2, 0) is 0 Å². The zero-order valence-corrected chi connectivity index (χ0v) is 14.4. The van der Waals surface area contributed by atoms with E-state index in [-0.39, 0.29) is 12.4 Å². The highest BCUT2D eigenvalue weighted by Gasteiger charge is 2.14. The minimum Gasteiger partial charge on any atom is -0.497 e. The zero-order chi connectivity index (χ0) is 17.8. The Morgan fingerprint density at radius 3 is 2.56 bits per heavy atom. The number of nitrogens with zero attached hydrogens (tertiary/aromatic N) is 1. The van der Waals surface area contributed by atoms with Gasteiger partial charge in [0.25, 0.3) is 0 Å². The number of rotatable bonds is 6. The molecule has 3 rings (SSSR count). The number of ether oxygens (including phenoxy) is 3. The van der Waals surface area contributed by atoms with Gasteiger partial charge >= 0.3 is 0 Å². The molecule has 0 saturated carbocycles. The van der Waals surface area contributed by atoms with Crippen LogP contribution in [0.25, 0.3) is 10.9 Å². The number of hydrogen-bond donors (Lipinski definition) is 0. The molecule has 1 heterocycles. The lowest BCUT2D eigenvalue weighted by atomic mass is 10.1. The molecular formula is C20H19NO4. The lowest BCUT2D eigenvalue weighted by Gasteiger charge is -2.12. The Morgan fingerprint density at radius 2 is 1.80 bits per heavy atom. The molecule has 25 heavy (non-hydrogen) atoms. The number of hydrogen-bond acceptors (Lipinski definition) is 5. The van der Waals surface area contributed by atoms with Crippen molar-refractivity contribution in [1.29, 1.82) is 0 Å². The highest BCUT2D eigenvalue weighted by atomic mass is 16.5. The molecule has 0 aliphatic heterocycles. The molecule has 5 heteroatoms. The van der Waals surface area contributed by atoms with Crippen molar-refractivity contribution >= 4 is 16.7 Å². The molecule has 0 amide bonds. The van der Waals surface area contributed by atoms with Crippen molar-refractivity contribution in [2.24, 2.45) is 0 Å². The Kier molecular flexibility index (Phi) is 4.84. The molecule has 0 bridgehead atoms. The number of benzene rings is 2. The summed E-state index contributed by atoms with van der Waals surface area (Å²) in [5.74, 6) is 1.69. The quantitative estimate of drug-likeness (QED) is 0.640. The maximum Gasteiger partial charge on any atom is 0.203 e. The summed E-state index contributed by atoms with van der Waals surface area (Å²) in [6, 6.07) is 14.5. The molecule has 0 aliphatic carbocycles. The van der Waals surface area contributed by atoms with E-state index >= 15 is 0 Å². The first-order chi connectivity index (χ1) is 12.1. The summed E-state index contributed by atoms with van der Waals surface area (Å²) in [7, 11) is 3.15. The second kappa shape index (κ2) is 7.21. The Hall–Kier alpha value is -3.08. The summed E-state index contributed by atoms with van der Waals surface area (Å²) in [6.45, 7) is 1.80. The summed E-state index contributed by atoms with van der Waals surface area (Å²) in [5.41, 5.74) is 2.11. The van der Waals surface area contributed by atoms with Gasteiger partial charge in [-0.05, 0) is 37.3 Å². The molecule has 2 aromatic carbocycles. The maximum atomic E-state index is 12.5. The van der Waals surface area contributed by atoms with Crippen LogP contribution in [0, 0.1) is 6.92 Å². The van der Waals surface area contributed by atoms with Crippen LogP contribution in [0.2, 0.25) is 0 Å². The van der Waals surface area contributed by atoms with Gasteiger partial charge in [0, 0.05) is 17.1 Å². The fraction of sp³-hybridized carbons (Fsp3) is 0.200. The molecule has 3 aromatic rings. The van der Waals surface area contributed by atoms with E-state index in [1.807, 2.05) is 37.3 Å². The second-order valence-electron chi connectivity index (χ2n) is 5.56. The minimum atomic E-state index is -0.150. The Bertz CT molecular complexity index is 921. The topological polar surface area (TPSA) is 57.7 Å². The lowest BCUT2D eigenvalue weighted by Crippen LogP contribution is -2.13. The van der Waals surface area contributed by atoms with Gasteiger partial charge in [-0.1, -0.05) is 12.1 Å². The molecule has 0 atom stereocenters. The van der Waals surface area contributed by atoms with Gasteiger partial charge in [0.1, 0.15) is 17.2 Å². The van der Waals surface area contributed by atoms with E-state index in [1.165, 1.54) is 0 Å². The Labute approximate surface area is 146 Å². The number of carbonyl (C=O) groups excluding carboxylic acids is 1. The predicted octanol–water partition coefficient (Wildman–Crippen LogP) is 3.82. The van der Waals surface area contributed by atoms with Gasteiger partial charge in [-0.15, -0.1) is 0 Å². The molecule has 128 valence electrons. The number of methoxy groups -OCH3 is 2. The van der Waals surface area contributed by atoms with Crippen molar-refractivity contribution in [2.45, 2.75) is 6.92 Å². The first-order valence-electron chi connectivity index (χ1n) is 7.87. The van der Waals surface area contributed by atoms with E-state index in [0.29, 0.717) is 22.8 Å². The van der Waals surface area contributed by atoms with E-state index in [4.69, 9.17) is 14.2 Å². The van der Waals surface area contributed by atoms with E-state index in [9.17, 15) is 4.79 Å². The summed E-state index contributed by atoms with van der Waals surface area (Å²) in [4.78, 5) is 17.0. The van der Waals surface area contributed by atoms with Crippen LogP contribution >= 0.6 is 0 Å². The van der Waals surface area contributed by atoms with Gasteiger partial charge in [0.2, 0.25) is 5.78 Å². The number of aromatic nitrogens is 1. The number of pyridine rings is 1. The minimum absolute atomic E-state index is 0.0872. The van der Waals surface area contributed by atoms with Crippen LogP contribution in [0.15, 0.2) is 48.5 Å². The van der Waals surface area contributed by atoms with Crippen LogP contribution in [0.4, 0.5) is 0 Å². The third-order valence-corrected chi connectivity index (χ3v) is 3.87. The summed E-state index contributed by atoms with van der Waals surface area (Å²) in [6.07, 6.45) is 0. The van der Waals surface area contributed by atoms with Gasteiger partial charge in [-0.2, -0.15) is 0 Å². The second-order valence-corrected chi connectivity index (χ2v) is 5.56. The fourth-order valence-corrected chi connectivity index (χ4v) is 2.64. The molecule has 0 fully saturated rings. The Balaban J connectivity index is 1.89. The van der Waals surface area contributed by atoms with Crippen LogP contribution in [0.5, 0.6) is 17.2 Å². The maximum absolute atomic E-state index is 12.5. The smallest absolute Gasteiger partial charge is 0.203 e. The Morgan fingerprint density at radius 1 is 1.00 bits per heavy atom. The zero-order valence-electron chi connectivity index (χ0n) is 14.4. The third-order valence-electron chi connectivity index (χ3n) is 3.87. The van der Waals surface area contributed by atoms with Gasteiger partial charge in [0.05, 0.1) is 25.3 Å². The number of aryl methyl sites for hydroxylation is 1. The normalized spacial score (nSPS) is 10.5. The number of para-hydroxylation sites is 1. The molecule has 0 spiro atoms. The molecule has 0 saturated heterocycles. The summed E-state index contributed by atoms with van der Waals surface area (Å²) < 4.78 is 16.3. The number of carbonyl (C=O) groups is 1. The SMILES string of the molecule is COc1ccc2nc(C)cc(OCC(=O)c3ccccc3OC)c2c1. The monoisotopic (exact) mass is 337 g/mol. The highest BCUT2D eigenvalue weighted by molar-refractivity contribution is 6.00. The number of ketones is 1. The van der Waals surface area contributed by atoms with E-state index in [2.05, 4.69) is 4.98 Å².